The molecule has 1 N–H and O–H groups in total. The first-order valence-electron chi connectivity index (χ1n) is 6.15. The minimum absolute atomic E-state index is 0.151. The van der Waals surface area contributed by atoms with Crippen LogP contribution in [0.5, 0.6) is 0 Å². The van der Waals surface area contributed by atoms with Crippen molar-refractivity contribution in [3.63, 3.8) is 0 Å². The second-order valence-electron chi connectivity index (χ2n) is 4.51. The Kier molecular flexibility index (Phi) is 4.28. The average Bonchev–Trinajstić information content (AvgIpc) is 2.86. The molecule has 5 heteroatoms. The van der Waals surface area contributed by atoms with Gasteiger partial charge in [0.25, 0.3) is 5.91 Å². The van der Waals surface area contributed by atoms with Crippen LogP contribution in [-0.4, -0.2) is 49.1 Å². The van der Waals surface area contributed by atoms with E-state index in [4.69, 9.17) is 4.74 Å². The summed E-state index contributed by atoms with van der Waals surface area (Å²) < 4.78 is 5.33. The molecule has 0 aromatic carbocycles. The molecule has 1 aliphatic rings. The maximum absolute atomic E-state index is 11.4. The van der Waals surface area contributed by atoms with Crippen LogP contribution in [0, 0.1) is 0 Å². The topological polar surface area (TPSA) is 54.5 Å². The van der Waals surface area contributed by atoms with Crippen molar-refractivity contribution < 1.29 is 9.53 Å². The number of hydrogen-bond acceptors (Lipinski definition) is 4. The Morgan fingerprint density at radius 2 is 2.44 bits per heavy atom. The Balaban J connectivity index is 1.92. The van der Waals surface area contributed by atoms with Crippen molar-refractivity contribution in [2.24, 2.45) is 0 Å². The predicted octanol–water partition coefficient (Wildman–Crippen LogP) is 0.662. The summed E-state index contributed by atoms with van der Waals surface area (Å²) in [6.45, 7) is 2.88. The summed E-state index contributed by atoms with van der Waals surface area (Å²) in [5.41, 5.74) is 1.58. The largest absolute Gasteiger partial charge is 0.380 e. The molecule has 1 saturated heterocycles. The van der Waals surface area contributed by atoms with Crippen molar-refractivity contribution >= 4 is 5.91 Å². The second kappa shape index (κ2) is 5.93. The van der Waals surface area contributed by atoms with Gasteiger partial charge in [0.15, 0.2) is 0 Å². The standard InChI is InChI=1S/C13H19N3O2/c1-14-13(17)12-4-3-10(7-15-12)8-16-6-5-11(9-16)18-2/h3-4,7,11H,5-6,8-9H2,1-2H3,(H,14,17). The highest BCUT2D eigenvalue weighted by Gasteiger charge is 2.21. The van der Waals surface area contributed by atoms with Gasteiger partial charge in [-0.05, 0) is 18.1 Å². The first-order chi connectivity index (χ1) is 8.72. The summed E-state index contributed by atoms with van der Waals surface area (Å²) in [7, 11) is 3.36. The number of methoxy groups -OCH3 is 1. The van der Waals surface area contributed by atoms with E-state index in [-0.39, 0.29) is 5.91 Å². The van der Waals surface area contributed by atoms with Gasteiger partial charge in [-0.1, -0.05) is 6.07 Å². The van der Waals surface area contributed by atoms with Gasteiger partial charge in [-0.25, -0.2) is 0 Å². The number of rotatable bonds is 4. The summed E-state index contributed by atoms with van der Waals surface area (Å²) in [4.78, 5) is 17.8. The van der Waals surface area contributed by atoms with E-state index in [1.54, 1.807) is 26.4 Å². The van der Waals surface area contributed by atoms with Crippen LogP contribution < -0.4 is 5.32 Å². The highest BCUT2D eigenvalue weighted by molar-refractivity contribution is 5.91. The Morgan fingerprint density at radius 3 is 3.00 bits per heavy atom. The highest BCUT2D eigenvalue weighted by Crippen LogP contribution is 2.15. The Morgan fingerprint density at radius 1 is 1.61 bits per heavy atom. The van der Waals surface area contributed by atoms with Crippen molar-refractivity contribution in [3.05, 3.63) is 29.6 Å². The number of hydrogen-bond donors (Lipinski definition) is 1. The molecule has 1 fully saturated rings. The quantitative estimate of drug-likeness (QED) is 0.852. The molecule has 1 unspecified atom stereocenters. The Bertz CT molecular complexity index is 405. The molecule has 0 aliphatic carbocycles. The summed E-state index contributed by atoms with van der Waals surface area (Å²) in [5, 5.41) is 2.56. The number of carbonyl (C=O) groups is 1. The molecule has 0 bridgehead atoms. The van der Waals surface area contributed by atoms with Gasteiger partial charge in [0.2, 0.25) is 0 Å². The average molecular weight is 249 g/mol. The summed E-state index contributed by atoms with van der Waals surface area (Å²) in [6.07, 6.45) is 3.20. The number of nitrogens with one attached hydrogen (secondary N) is 1. The van der Waals surface area contributed by atoms with Gasteiger partial charge in [0, 0.05) is 40.0 Å². The van der Waals surface area contributed by atoms with E-state index in [1.165, 1.54) is 0 Å². The van der Waals surface area contributed by atoms with Crippen LogP contribution in [0.4, 0.5) is 0 Å². The molecule has 5 nitrogen and oxygen atoms in total. The van der Waals surface area contributed by atoms with Crippen LogP contribution in [0.15, 0.2) is 18.3 Å². The minimum Gasteiger partial charge on any atom is -0.380 e. The van der Waals surface area contributed by atoms with E-state index in [2.05, 4.69) is 15.2 Å². The fraction of sp³-hybridized carbons (Fsp3) is 0.538. The first kappa shape index (κ1) is 13.0. The lowest BCUT2D eigenvalue weighted by molar-refractivity contribution is 0.0958. The van der Waals surface area contributed by atoms with Crippen molar-refractivity contribution in [2.45, 2.75) is 19.1 Å². The molecule has 18 heavy (non-hydrogen) atoms. The molecule has 0 radical (unpaired) electrons. The van der Waals surface area contributed by atoms with Crippen LogP contribution in [0.2, 0.25) is 0 Å². The van der Waals surface area contributed by atoms with Gasteiger partial charge in [0.1, 0.15) is 5.69 Å². The molecule has 1 amide bonds. The monoisotopic (exact) mass is 249 g/mol. The molecule has 98 valence electrons. The normalized spacial score (nSPS) is 20.0. The zero-order valence-corrected chi connectivity index (χ0v) is 10.8. The third-order valence-electron chi connectivity index (χ3n) is 3.25. The Hall–Kier alpha value is -1.46. The van der Waals surface area contributed by atoms with E-state index in [1.807, 2.05) is 6.07 Å². The number of likely N-dealkylation sites (tertiary alicyclic amines) is 1. The first-order valence-corrected chi connectivity index (χ1v) is 6.15. The zero-order valence-electron chi connectivity index (χ0n) is 10.8. The Labute approximate surface area is 107 Å². The number of carbonyl (C=O) groups excluding carboxylic acids is 1. The van der Waals surface area contributed by atoms with Crippen LogP contribution in [0.25, 0.3) is 0 Å². The number of nitrogens with zero attached hydrogens (tertiary/aromatic N) is 2. The molecule has 2 heterocycles. The molecular formula is C13H19N3O2. The van der Waals surface area contributed by atoms with Crippen LogP contribution in [0.1, 0.15) is 22.5 Å². The van der Waals surface area contributed by atoms with E-state index in [9.17, 15) is 4.79 Å². The van der Waals surface area contributed by atoms with Crippen LogP contribution in [-0.2, 0) is 11.3 Å². The van der Waals surface area contributed by atoms with Gasteiger partial charge in [0.05, 0.1) is 6.10 Å². The molecule has 0 spiro atoms. The van der Waals surface area contributed by atoms with Crippen molar-refractivity contribution in [3.8, 4) is 0 Å². The smallest absolute Gasteiger partial charge is 0.269 e. The van der Waals surface area contributed by atoms with Gasteiger partial charge in [-0.2, -0.15) is 0 Å². The molecule has 1 aromatic heterocycles. The van der Waals surface area contributed by atoms with Gasteiger partial charge in [-0.15, -0.1) is 0 Å². The van der Waals surface area contributed by atoms with Gasteiger partial charge in [-0.3, -0.25) is 14.7 Å². The predicted molar refractivity (Wildman–Crippen MR) is 68.3 cm³/mol. The van der Waals surface area contributed by atoms with E-state index in [0.29, 0.717) is 11.8 Å². The van der Waals surface area contributed by atoms with Crippen molar-refractivity contribution in [1.29, 1.82) is 0 Å². The van der Waals surface area contributed by atoms with E-state index in [0.717, 1.165) is 31.6 Å². The molecule has 1 atom stereocenters. The minimum atomic E-state index is -0.151. The van der Waals surface area contributed by atoms with E-state index >= 15 is 0 Å². The third-order valence-corrected chi connectivity index (χ3v) is 3.25. The lowest BCUT2D eigenvalue weighted by atomic mass is 10.2. The number of aromatic nitrogens is 1. The van der Waals surface area contributed by atoms with Crippen molar-refractivity contribution in [2.75, 3.05) is 27.2 Å². The molecule has 1 aliphatic heterocycles. The molecule has 0 saturated carbocycles. The van der Waals surface area contributed by atoms with Gasteiger partial charge < -0.3 is 10.1 Å². The highest BCUT2D eigenvalue weighted by atomic mass is 16.5. The van der Waals surface area contributed by atoms with Crippen molar-refractivity contribution in [1.82, 2.24) is 15.2 Å². The van der Waals surface area contributed by atoms with Gasteiger partial charge >= 0.3 is 0 Å². The zero-order chi connectivity index (χ0) is 13.0. The summed E-state index contributed by atoms with van der Waals surface area (Å²) >= 11 is 0. The van der Waals surface area contributed by atoms with Crippen LogP contribution in [0.3, 0.4) is 0 Å². The maximum atomic E-state index is 11.4. The fourth-order valence-electron chi connectivity index (χ4n) is 2.17. The SMILES string of the molecule is CNC(=O)c1ccc(CN2CCC(OC)C2)cn1. The number of amides is 1. The summed E-state index contributed by atoms with van der Waals surface area (Å²) in [5.74, 6) is -0.151. The second-order valence-corrected chi connectivity index (χ2v) is 4.51. The molecular weight excluding hydrogens is 230 g/mol. The lowest BCUT2D eigenvalue weighted by Gasteiger charge is -2.15. The lowest BCUT2D eigenvalue weighted by Crippen LogP contribution is -2.23. The van der Waals surface area contributed by atoms with E-state index < -0.39 is 0 Å². The number of pyridine rings is 1. The summed E-state index contributed by atoms with van der Waals surface area (Å²) in [6, 6.07) is 3.72. The maximum Gasteiger partial charge on any atom is 0.269 e. The molecule has 1 aromatic rings. The number of ether oxygens (including phenoxy) is 1. The fourth-order valence-corrected chi connectivity index (χ4v) is 2.17. The third kappa shape index (κ3) is 3.05. The van der Waals surface area contributed by atoms with Crippen LogP contribution >= 0.6 is 0 Å². The molecule has 2 rings (SSSR count).